The fourth-order valence-corrected chi connectivity index (χ4v) is 20.6. The summed E-state index contributed by atoms with van der Waals surface area (Å²) in [6.45, 7) is 11.8. The molecule has 12 atom stereocenters. The number of aliphatic hydroxyl groups is 5. The van der Waals surface area contributed by atoms with Gasteiger partial charge in [0.25, 0.3) is 16.7 Å². The van der Waals surface area contributed by atoms with Gasteiger partial charge in [0, 0.05) is 98.6 Å². The maximum atomic E-state index is 13.0. The molecule has 7 aromatic carbocycles. The van der Waals surface area contributed by atoms with E-state index in [1.165, 1.54) is 72.6 Å². The van der Waals surface area contributed by atoms with Crippen LogP contribution in [0.2, 0.25) is 15.1 Å². The van der Waals surface area contributed by atoms with Gasteiger partial charge in [-0.3, -0.25) is 28.3 Å². The van der Waals surface area contributed by atoms with Crippen molar-refractivity contribution in [3.05, 3.63) is 257 Å². The smallest absolute Gasteiger partial charge is 0.410 e. The highest BCUT2D eigenvalue weighted by molar-refractivity contribution is 9.11. The van der Waals surface area contributed by atoms with Crippen molar-refractivity contribution in [2.45, 2.75) is 201 Å². The monoisotopic (exact) mass is 2130 g/mol. The highest BCUT2D eigenvalue weighted by Crippen LogP contribution is 2.47. The number of ether oxygens (including phenoxy) is 4. The molecule has 130 heavy (non-hydrogen) atoms. The zero-order valence-electron chi connectivity index (χ0n) is 70.3. The Morgan fingerprint density at radius 2 is 0.969 bits per heavy atom. The molecule has 0 bridgehead atoms. The maximum Gasteiger partial charge on any atom is 0.410 e. The summed E-state index contributed by atoms with van der Waals surface area (Å²) < 4.78 is 27.9. The average Bonchev–Trinajstić information content (AvgIpc) is 1.61. The summed E-state index contributed by atoms with van der Waals surface area (Å²) in [5.74, 6) is -2.62. The second-order valence-electron chi connectivity index (χ2n) is 33.6. The number of carbonyl (C=O) groups is 3. The first kappa shape index (κ1) is 100. The number of rotatable bonds is 15. The van der Waals surface area contributed by atoms with Crippen LogP contribution in [0.25, 0.3) is 55.0 Å². The Bertz CT molecular complexity index is 5860. The predicted molar refractivity (Wildman–Crippen MR) is 521 cm³/mol. The fourth-order valence-electron chi connectivity index (χ4n) is 18.4. The van der Waals surface area contributed by atoms with Gasteiger partial charge < -0.3 is 75.2 Å². The van der Waals surface area contributed by atoms with Crippen molar-refractivity contribution in [1.29, 1.82) is 0 Å². The van der Waals surface area contributed by atoms with Gasteiger partial charge in [-0.1, -0.05) is 192 Å². The number of amides is 2. The molecule has 0 radical (unpaired) electrons. The SMILES string of the molecule is C.C=C(Cl)C[C@@H]1[C@H](O)CCCN1C(=O)OCC1c2ccccc2-c2ccccc21.C=C(Cl)C[C@H]1NCCC[C@H]1O.O=C(C[C@@H]1NCCC[C@H]1O)Cn1cnc2cc(Br)c(Cl)cc2c1=O.O=C(OCC1c2ccccc2-c2ccccc21)N1CCC[C@H]2OC(O)(CBr)C[C@H]21.O=c1[nH]cnc2cc(Br)c(Cl)cc12.O=c1c2cc(Br)c(Cl)cc2ncn1CC1(O)C[C@H]2NCCC[C@H]2O1. The molecule has 9 aliphatic rings. The van der Waals surface area contributed by atoms with E-state index in [4.69, 9.17) is 77.0 Å². The van der Waals surface area contributed by atoms with E-state index in [2.05, 4.69) is 161 Å². The molecule has 7 aliphatic heterocycles. The highest BCUT2D eigenvalue weighted by atomic mass is 79.9. The van der Waals surface area contributed by atoms with E-state index in [1.807, 2.05) is 48.5 Å². The van der Waals surface area contributed by atoms with Crippen LogP contribution < -0.4 is 32.6 Å². The Kier molecular flexibility index (Phi) is 34.9. The van der Waals surface area contributed by atoms with Crippen LogP contribution in [0.4, 0.5) is 9.59 Å². The number of hydrogen-bond donors (Lipinski definition) is 9. The number of carbonyl (C=O) groups excluding carboxylic acids is 3. The standard InChI is InChI=1S/C23H24BrNO4.C23H24ClNO3.2C16H17BrClN3O3.C8H4BrClN2O.C8H14ClNO.CH4/c24-14-23(27)12-20-21(29-23)10-5-11-25(20)22(26)28-13-19-17-8-3-1-6-15(17)16-7-2-4-9-18(16)19;1-15(24)13-21-22(26)11-6-12-25(21)23(27)28-14-20-18-9-4-2-7-16(18)17-8-3-5-10-19(17)20;17-10-4-9-12(5-11(10)18)20-8-21(15(9)22)7-16(23)6-13-14(24-16)2-1-3-19-13;17-11-6-13-10(5-12(11)18)16(24)21(8-20-13)7-9(22)4-14-15(23)2-1-3-19-14;9-5-2-7-4(1-6(5)10)8(13)12-3-11-7;1-6(9)5-7-8(11)3-2-4-10-7;/h1-4,6-9,19-21,27H,5,10-14H2;2-5,7-10,20-22,26H,1,6,11-14H2;4-5,8,13-14,19,23H,1-3,6-7H2;5-6,8,14-15,19,23H,1-4,7H2;1-3H,(H,11,12,13);7-8,10-11H,1-5H2;1H4/t20-,21-,23?;21-,22-;13-,14-,16?;14-,15+;;7-,8-;/m1110.1./s1. The maximum absolute atomic E-state index is 13.0. The number of nitrogens with one attached hydrogen (secondary N) is 4. The van der Waals surface area contributed by atoms with E-state index in [1.54, 1.807) is 46.2 Å². The van der Waals surface area contributed by atoms with Crippen molar-refractivity contribution >= 4 is 172 Å². The summed E-state index contributed by atoms with van der Waals surface area (Å²) >= 11 is 42.7. The van der Waals surface area contributed by atoms with Crippen molar-refractivity contribution < 1.29 is 58.9 Å². The van der Waals surface area contributed by atoms with Crippen molar-refractivity contribution in [2.75, 3.05) is 51.3 Å². The van der Waals surface area contributed by atoms with Crippen LogP contribution in [0.1, 0.15) is 138 Å². The third kappa shape index (κ3) is 24.1. The fraction of sp³-hybridized carbons (Fsp3) is 0.421. The molecular formula is C95H104Br4Cl5N11O15. The van der Waals surface area contributed by atoms with Gasteiger partial charge in [-0.2, -0.15) is 0 Å². The lowest BCUT2D eigenvalue weighted by molar-refractivity contribution is -0.202. The van der Waals surface area contributed by atoms with E-state index in [9.17, 15) is 54.3 Å². The zero-order valence-corrected chi connectivity index (χ0v) is 80.4. The summed E-state index contributed by atoms with van der Waals surface area (Å²) in [4.78, 5) is 92.9. The zero-order chi connectivity index (χ0) is 91.5. The number of H-pyrrole nitrogens is 1. The summed E-state index contributed by atoms with van der Waals surface area (Å²) in [5.41, 5.74) is 10.6. The van der Waals surface area contributed by atoms with Crippen LogP contribution >= 0.6 is 122 Å². The normalized spacial score (nSPS) is 24.0. The van der Waals surface area contributed by atoms with Gasteiger partial charge in [-0.05, 0) is 213 Å². The lowest BCUT2D eigenvalue weighted by Crippen LogP contribution is -2.51. The number of halogens is 9. The number of fused-ring (bicyclic) bond motifs is 11. The molecule has 3 aromatic heterocycles. The molecule has 692 valence electrons. The summed E-state index contributed by atoms with van der Waals surface area (Å²) in [6, 6.07) is 42.5. The van der Waals surface area contributed by atoms with Crippen LogP contribution in [-0.2, 0) is 36.8 Å². The van der Waals surface area contributed by atoms with Crippen LogP contribution in [0.5, 0.6) is 0 Å². The minimum absolute atomic E-state index is 0. The molecule has 10 aromatic rings. The Balaban J connectivity index is 0.000000136. The van der Waals surface area contributed by atoms with Gasteiger partial charge in [0.15, 0.2) is 17.4 Å². The van der Waals surface area contributed by atoms with Crippen LogP contribution in [0.15, 0.2) is 203 Å². The number of hydrogen-bond acceptors (Lipinski definition) is 21. The van der Waals surface area contributed by atoms with Crippen molar-refractivity contribution in [1.82, 2.24) is 54.8 Å². The Hall–Kier alpha value is -7.38. The largest absolute Gasteiger partial charge is 0.448 e. The summed E-state index contributed by atoms with van der Waals surface area (Å²) in [7, 11) is 0. The number of benzene rings is 7. The van der Waals surface area contributed by atoms with Crippen LogP contribution in [0, 0.1) is 0 Å². The third-order valence-corrected chi connectivity index (χ3v) is 29.5. The second kappa shape index (κ2) is 45.3. The van der Waals surface area contributed by atoms with E-state index in [-0.39, 0.29) is 122 Å². The lowest BCUT2D eigenvalue weighted by Gasteiger charge is -2.38. The topological polar surface area (TPSA) is 347 Å². The van der Waals surface area contributed by atoms with Gasteiger partial charge >= 0.3 is 12.2 Å². The molecule has 0 saturated carbocycles. The number of alkyl halides is 1. The van der Waals surface area contributed by atoms with Crippen molar-refractivity contribution in [2.24, 2.45) is 0 Å². The number of Topliss-reactive ketones (excluding diaryl/α,β-unsaturated/α-hetero) is 1. The van der Waals surface area contributed by atoms with Crippen molar-refractivity contribution in [3.63, 3.8) is 0 Å². The number of ketones is 1. The second-order valence-corrected chi connectivity index (χ2v) is 39.0. The molecular weight excluding hydrogens is 2030 g/mol. The first-order valence-corrected chi connectivity index (χ1v) is 48.4. The molecule has 2 aliphatic carbocycles. The summed E-state index contributed by atoms with van der Waals surface area (Å²) in [5, 5.41) is 64.8. The Morgan fingerprint density at radius 3 is 1.52 bits per heavy atom. The number of aromatic nitrogens is 6. The van der Waals surface area contributed by atoms with E-state index >= 15 is 0 Å². The molecule has 7 saturated heterocycles. The van der Waals surface area contributed by atoms with Gasteiger partial charge in [0.05, 0.1) is 128 Å². The first-order valence-electron chi connectivity index (χ1n) is 43.0. The molecule has 2 amide bonds. The number of piperidine rings is 5. The number of nitrogens with zero attached hydrogens (tertiary/aromatic N) is 7. The first-order chi connectivity index (χ1) is 61.9. The van der Waals surface area contributed by atoms with E-state index in [0.717, 1.165) is 75.5 Å². The molecule has 35 heteroatoms. The molecule has 10 heterocycles. The van der Waals surface area contributed by atoms with Crippen LogP contribution in [0.3, 0.4) is 0 Å². The number of aromatic amines is 1. The molecule has 19 rings (SSSR count). The average molecular weight is 2140 g/mol. The minimum atomic E-state index is -1.35. The lowest BCUT2D eigenvalue weighted by atomic mass is 9.96. The highest BCUT2D eigenvalue weighted by Gasteiger charge is 2.51. The quantitative estimate of drug-likeness (QED) is 0.0431. The van der Waals surface area contributed by atoms with E-state index in [0.29, 0.717) is 130 Å². The molecule has 7 fully saturated rings. The van der Waals surface area contributed by atoms with Gasteiger partial charge in [-0.25, -0.2) is 24.5 Å². The Labute approximate surface area is 811 Å². The summed E-state index contributed by atoms with van der Waals surface area (Å²) in [6.07, 6.45) is 12.6. The van der Waals surface area contributed by atoms with Crippen LogP contribution in [-0.4, -0.2) is 206 Å². The molecule has 26 nitrogen and oxygen atoms in total. The van der Waals surface area contributed by atoms with Gasteiger partial charge in [0.1, 0.15) is 13.2 Å². The molecule has 0 spiro atoms. The number of aliphatic hydroxyl groups excluding tert-OH is 3. The molecule has 2 unspecified atom stereocenters. The van der Waals surface area contributed by atoms with E-state index < -0.39 is 29.9 Å². The number of likely N-dealkylation sites (tertiary alicyclic amines) is 2. The van der Waals surface area contributed by atoms with Gasteiger partial charge in [-0.15, -0.1) is 0 Å². The molecule has 9 N–H and O–H groups in total. The minimum Gasteiger partial charge on any atom is -0.448 e. The Morgan fingerprint density at radius 1 is 0.523 bits per heavy atom. The predicted octanol–water partition coefficient (Wildman–Crippen LogP) is 17.3. The van der Waals surface area contributed by atoms with Crippen molar-refractivity contribution in [3.8, 4) is 22.3 Å². The van der Waals surface area contributed by atoms with Gasteiger partial charge in [0.2, 0.25) is 0 Å². The third-order valence-electron chi connectivity index (χ3n) is 24.7.